The molecule has 0 aromatic heterocycles. The Labute approximate surface area is 103 Å². The Kier molecular flexibility index (Phi) is 2.26. The second kappa shape index (κ2) is 3.71. The molecule has 2 saturated carbocycles. The van der Waals surface area contributed by atoms with E-state index in [1.54, 1.807) is 0 Å². The number of likely N-dealkylation sites (tertiary alicyclic amines) is 1. The van der Waals surface area contributed by atoms with E-state index in [-0.39, 0.29) is 0 Å². The Morgan fingerprint density at radius 3 is 2.35 bits per heavy atom. The average molecular weight is 234 g/mol. The van der Waals surface area contributed by atoms with Gasteiger partial charge < -0.3 is 10.2 Å². The van der Waals surface area contributed by atoms with Gasteiger partial charge >= 0.3 is 0 Å². The second-order valence-electron chi connectivity index (χ2n) is 6.70. The van der Waals surface area contributed by atoms with E-state index < -0.39 is 0 Å². The van der Waals surface area contributed by atoms with Gasteiger partial charge in [-0.2, -0.15) is 0 Å². The molecule has 3 heteroatoms. The van der Waals surface area contributed by atoms with Crippen molar-refractivity contribution in [1.82, 2.24) is 10.2 Å². The molecular weight excluding hydrogens is 212 g/mol. The van der Waals surface area contributed by atoms with Gasteiger partial charge in [-0.3, -0.25) is 4.79 Å². The largest absolute Gasteiger partial charge is 0.342 e. The van der Waals surface area contributed by atoms with Crippen LogP contribution in [0.1, 0.15) is 25.7 Å². The van der Waals surface area contributed by atoms with Crippen LogP contribution < -0.4 is 5.32 Å². The lowest BCUT2D eigenvalue weighted by Gasteiger charge is -2.27. The van der Waals surface area contributed by atoms with Crippen LogP contribution in [0.25, 0.3) is 0 Å². The third kappa shape index (κ3) is 1.55. The van der Waals surface area contributed by atoms with Crippen molar-refractivity contribution in [3.05, 3.63) is 0 Å². The summed E-state index contributed by atoms with van der Waals surface area (Å²) in [5.41, 5.74) is 0. The third-order valence-electron chi connectivity index (χ3n) is 5.76. The van der Waals surface area contributed by atoms with Gasteiger partial charge in [0.05, 0.1) is 0 Å². The summed E-state index contributed by atoms with van der Waals surface area (Å²) in [6, 6.07) is 0. The minimum Gasteiger partial charge on any atom is -0.342 e. The van der Waals surface area contributed by atoms with E-state index in [9.17, 15) is 4.79 Å². The van der Waals surface area contributed by atoms with Gasteiger partial charge in [0.1, 0.15) is 0 Å². The predicted molar refractivity (Wildman–Crippen MR) is 65.4 cm³/mol. The van der Waals surface area contributed by atoms with E-state index >= 15 is 0 Å². The predicted octanol–water partition coefficient (Wildman–Crippen LogP) is 1.10. The molecule has 94 valence electrons. The lowest BCUT2D eigenvalue weighted by Crippen LogP contribution is -2.38. The number of carbonyl (C=O) groups is 1. The monoisotopic (exact) mass is 234 g/mol. The van der Waals surface area contributed by atoms with E-state index in [1.165, 1.54) is 25.7 Å². The Balaban J connectivity index is 1.44. The Hall–Kier alpha value is -0.570. The van der Waals surface area contributed by atoms with Crippen molar-refractivity contribution in [3.63, 3.8) is 0 Å². The first-order chi connectivity index (χ1) is 8.31. The fraction of sp³-hybridized carbons (Fsp3) is 0.929. The minimum absolute atomic E-state index is 0.403. The number of nitrogens with zero attached hydrogens (tertiary/aromatic N) is 1. The summed E-state index contributed by atoms with van der Waals surface area (Å²) in [6.07, 6.45) is 5.26. The van der Waals surface area contributed by atoms with Crippen LogP contribution in [0.15, 0.2) is 0 Å². The zero-order valence-corrected chi connectivity index (χ0v) is 10.4. The molecule has 2 saturated heterocycles. The van der Waals surface area contributed by atoms with E-state index in [1.807, 2.05) is 0 Å². The van der Waals surface area contributed by atoms with E-state index in [0.29, 0.717) is 11.8 Å². The highest BCUT2D eigenvalue weighted by molar-refractivity contribution is 5.80. The lowest BCUT2D eigenvalue weighted by molar-refractivity contribution is -0.136. The maximum absolute atomic E-state index is 12.6. The molecule has 3 nitrogen and oxygen atoms in total. The smallest absolute Gasteiger partial charge is 0.225 e. The highest BCUT2D eigenvalue weighted by atomic mass is 16.2. The molecule has 0 aromatic rings. The molecule has 1 N–H and O–H groups in total. The van der Waals surface area contributed by atoms with Gasteiger partial charge in [-0.25, -0.2) is 0 Å². The number of nitrogens with one attached hydrogen (secondary N) is 1. The zero-order chi connectivity index (χ0) is 11.4. The second-order valence-corrected chi connectivity index (χ2v) is 6.70. The van der Waals surface area contributed by atoms with Crippen LogP contribution in [0, 0.1) is 29.6 Å². The molecule has 17 heavy (non-hydrogen) atoms. The van der Waals surface area contributed by atoms with Gasteiger partial charge in [-0.1, -0.05) is 6.42 Å². The SMILES string of the molecule is O=C(C1CC2CCC1C2)N1C[C@H]2CNC[C@H]2C1. The van der Waals surface area contributed by atoms with E-state index in [0.717, 1.165) is 49.9 Å². The molecule has 4 fully saturated rings. The van der Waals surface area contributed by atoms with Crippen LogP contribution in [0.4, 0.5) is 0 Å². The normalized spacial score (nSPS) is 47.8. The Morgan fingerprint density at radius 1 is 1.00 bits per heavy atom. The molecular formula is C14H22N2O. The van der Waals surface area contributed by atoms with Crippen LogP contribution in [-0.2, 0) is 4.79 Å². The molecule has 2 aliphatic carbocycles. The van der Waals surface area contributed by atoms with Crippen molar-refractivity contribution < 1.29 is 4.79 Å². The van der Waals surface area contributed by atoms with Crippen LogP contribution in [0.5, 0.6) is 0 Å². The quantitative estimate of drug-likeness (QED) is 0.737. The summed E-state index contributed by atoms with van der Waals surface area (Å²) in [5, 5.41) is 3.44. The molecule has 4 rings (SSSR count). The van der Waals surface area contributed by atoms with Gasteiger partial charge in [0.15, 0.2) is 0 Å². The summed E-state index contributed by atoms with van der Waals surface area (Å²) in [5.74, 6) is 4.03. The number of hydrogen-bond donors (Lipinski definition) is 1. The summed E-state index contributed by atoms with van der Waals surface area (Å²) >= 11 is 0. The number of fused-ring (bicyclic) bond motifs is 3. The average Bonchev–Trinajstić information content (AvgIpc) is 3.06. The number of carbonyl (C=O) groups excluding carboxylic acids is 1. The van der Waals surface area contributed by atoms with Crippen LogP contribution in [0.3, 0.4) is 0 Å². The maximum atomic E-state index is 12.6. The van der Waals surface area contributed by atoms with Gasteiger partial charge in [0, 0.05) is 32.1 Å². The molecule has 2 bridgehead atoms. The molecule has 1 amide bonds. The zero-order valence-electron chi connectivity index (χ0n) is 10.4. The van der Waals surface area contributed by atoms with Crippen molar-refractivity contribution >= 4 is 5.91 Å². The van der Waals surface area contributed by atoms with Crippen molar-refractivity contribution in [3.8, 4) is 0 Å². The first kappa shape index (κ1) is 10.4. The first-order valence-electron chi connectivity index (χ1n) is 7.31. The third-order valence-corrected chi connectivity index (χ3v) is 5.76. The van der Waals surface area contributed by atoms with Gasteiger partial charge in [0.2, 0.25) is 5.91 Å². The summed E-state index contributed by atoms with van der Waals surface area (Å²) in [7, 11) is 0. The van der Waals surface area contributed by atoms with Crippen LogP contribution >= 0.6 is 0 Å². The molecule has 0 spiro atoms. The summed E-state index contributed by atoms with van der Waals surface area (Å²) < 4.78 is 0. The number of amides is 1. The van der Waals surface area contributed by atoms with E-state index in [2.05, 4.69) is 10.2 Å². The highest BCUT2D eigenvalue weighted by Gasteiger charge is 2.47. The van der Waals surface area contributed by atoms with E-state index in [4.69, 9.17) is 0 Å². The highest BCUT2D eigenvalue weighted by Crippen LogP contribution is 2.49. The van der Waals surface area contributed by atoms with Gasteiger partial charge in [-0.15, -0.1) is 0 Å². The molecule has 5 atom stereocenters. The molecule has 2 aliphatic heterocycles. The molecule has 2 heterocycles. The molecule has 3 unspecified atom stereocenters. The molecule has 0 aromatic carbocycles. The first-order valence-corrected chi connectivity index (χ1v) is 7.31. The van der Waals surface area contributed by atoms with Crippen LogP contribution in [-0.4, -0.2) is 37.0 Å². The molecule has 4 aliphatic rings. The fourth-order valence-electron chi connectivity index (χ4n) is 4.82. The Bertz CT molecular complexity index is 331. The maximum Gasteiger partial charge on any atom is 0.225 e. The standard InChI is InChI=1S/C14H22N2O/c17-14(13-4-9-1-2-10(13)3-9)16-7-11-5-15-6-12(11)8-16/h9-13,15H,1-8H2/t9?,10?,11-,12+,13?. The van der Waals surface area contributed by atoms with Crippen LogP contribution in [0.2, 0.25) is 0 Å². The lowest BCUT2D eigenvalue weighted by atomic mass is 9.88. The van der Waals surface area contributed by atoms with Gasteiger partial charge in [-0.05, 0) is 42.9 Å². The van der Waals surface area contributed by atoms with Crippen molar-refractivity contribution in [2.24, 2.45) is 29.6 Å². The Morgan fingerprint density at radius 2 is 1.76 bits per heavy atom. The summed E-state index contributed by atoms with van der Waals surface area (Å²) in [6.45, 7) is 4.32. The van der Waals surface area contributed by atoms with Crippen molar-refractivity contribution in [1.29, 1.82) is 0 Å². The number of rotatable bonds is 1. The topological polar surface area (TPSA) is 32.3 Å². The fourth-order valence-corrected chi connectivity index (χ4v) is 4.82. The molecule has 0 radical (unpaired) electrons. The number of hydrogen-bond acceptors (Lipinski definition) is 2. The summed E-state index contributed by atoms with van der Waals surface area (Å²) in [4.78, 5) is 14.8. The van der Waals surface area contributed by atoms with Gasteiger partial charge in [0.25, 0.3) is 0 Å². The van der Waals surface area contributed by atoms with Crippen molar-refractivity contribution in [2.45, 2.75) is 25.7 Å². The van der Waals surface area contributed by atoms with Crippen molar-refractivity contribution in [2.75, 3.05) is 26.2 Å². The minimum atomic E-state index is 0.403.